The number of ether oxygens (including phenoxy) is 1. The first kappa shape index (κ1) is 55.3. The summed E-state index contributed by atoms with van der Waals surface area (Å²) < 4.78 is 5.84. The van der Waals surface area contributed by atoms with E-state index in [9.17, 15) is 19.8 Å². The maximum Gasteiger partial charge on any atom is 0.306 e. The fourth-order valence-electron chi connectivity index (χ4n) is 6.86. The van der Waals surface area contributed by atoms with Gasteiger partial charge in [-0.2, -0.15) is 0 Å². The second-order valence-electron chi connectivity index (χ2n) is 16.1. The molecule has 0 bridgehead atoms. The van der Waals surface area contributed by atoms with Gasteiger partial charge in [-0.25, -0.2) is 0 Å². The van der Waals surface area contributed by atoms with Crippen molar-refractivity contribution in [2.75, 3.05) is 6.61 Å². The maximum atomic E-state index is 13.1. The van der Waals surface area contributed by atoms with Crippen molar-refractivity contribution in [2.24, 2.45) is 0 Å². The zero-order valence-corrected chi connectivity index (χ0v) is 37.9. The molecule has 3 atom stereocenters. The van der Waals surface area contributed by atoms with E-state index in [1.165, 1.54) is 96.3 Å². The van der Waals surface area contributed by atoms with Gasteiger partial charge >= 0.3 is 5.97 Å². The lowest BCUT2D eigenvalue weighted by Crippen LogP contribution is -2.46. The second kappa shape index (κ2) is 45.4. The third kappa shape index (κ3) is 40.1. The van der Waals surface area contributed by atoms with Gasteiger partial charge in [-0.15, -0.1) is 0 Å². The van der Waals surface area contributed by atoms with Crippen LogP contribution >= 0.6 is 0 Å². The molecule has 6 nitrogen and oxygen atoms in total. The molecule has 0 aliphatic rings. The van der Waals surface area contributed by atoms with Gasteiger partial charge in [0.1, 0.15) is 6.10 Å². The molecule has 0 aromatic carbocycles. The molecule has 3 N–H and O–H groups in total. The fourth-order valence-corrected chi connectivity index (χ4v) is 6.86. The Balaban J connectivity index is 4.77. The number of carbonyl (C=O) groups is 2. The lowest BCUT2D eigenvalue weighted by molar-refractivity contribution is -0.150. The highest BCUT2D eigenvalue weighted by Gasteiger charge is 2.23. The summed E-state index contributed by atoms with van der Waals surface area (Å²) in [6.07, 6.45) is 56.9. The summed E-state index contributed by atoms with van der Waals surface area (Å²) in [4.78, 5) is 26.0. The van der Waals surface area contributed by atoms with Gasteiger partial charge in [0.25, 0.3) is 0 Å². The molecule has 0 rings (SSSR count). The number of aliphatic hydroxyl groups excluding tert-OH is 2. The van der Waals surface area contributed by atoms with Gasteiger partial charge in [0, 0.05) is 12.8 Å². The molecule has 0 aromatic rings. The Labute approximate surface area is 358 Å². The molecule has 0 aromatic heterocycles. The van der Waals surface area contributed by atoms with Crippen LogP contribution < -0.4 is 5.32 Å². The highest BCUT2D eigenvalue weighted by Crippen LogP contribution is 2.16. The molecule has 0 saturated heterocycles. The summed E-state index contributed by atoms with van der Waals surface area (Å²) in [6.45, 7) is 6.30. The number of allylic oxidation sites excluding steroid dienone is 11. The van der Waals surface area contributed by atoms with Gasteiger partial charge in [0.05, 0.1) is 25.2 Å². The van der Waals surface area contributed by atoms with E-state index in [1.54, 1.807) is 0 Å². The van der Waals surface area contributed by atoms with Crippen LogP contribution in [0.2, 0.25) is 0 Å². The largest absolute Gasteiger partial charge is 0.461 e. The smallest absolute Gasteiger partial charge is 0.306 e. The van der Waals surface area contributed by atoms with E-state index in [-0.39, 0.29) is 24.9 Å². The minimum atomic E-state index is -0.814. The SMILES string of the molecule is CC/C=C\C/C=C\C/C=C\C/C=C\C/C=C\CC(CC(=O)NC(CO)C(O)CCCCCCCCCCCCCC)OC(=O)CCCCCCC/C=C\CCCCC. The number of hydrogen-bond acceptors (Lipinski definition) is 5. The number of aliphatic hydroxyl groups is 2. The third-order valence-electron chi connectivity index (χ3n) is 10.5. The van der Waals surface area contributed by atoms with Crippen LogP contribution in [-0.4, -0.2) is 46.9 Å². The van der Waals surface area contributed by atoms with Crippen molar-refractivity contribution in [3.05, 3.63) is 72.9 Å². The molecule has 0 radical (unpaired) electrons. The zero-order chi connectivity index (χ0) is 42.4. The maximum absolute atomic E-state index is 13.1. The summed E-state index contributed by atoms with van der Waals surface area (Å²) in [5.41, 5.74) is 0. The quantitative estimate of drug-likeness (QED) is 0.0324. The second-order valence-corrected chi connectivity index (χ2v) is 16.1. The van der Waals surface area contributed by atoms with Crippen molar-refractivity contribution in [3.8, 4) is 0 Å². The van der Waals surface area contributed by atoms with Gasteiger partial charge in [-0.1, -0.05) is 203 Å². The van der Waals surface area contributed by atoms with E-state index < -0.39 is 18.2 Å². The molecule has 1 amide bonds. The molecule has 6 heteroatoms. The number of nitrogens with one attached hydrogen (secondary N) is 1. The molecule has 0 heterocycles. The molecule has 0 aliphatic carbocycles. The van der Waals surface area contributed by atoms with E-state index in [0.717, 1.165) is 77.0 Å². The minimum Gasteiger partial charge on any atom is -0.461 e. The first-order chi connectivity index (χ1) is 28.5. The number of esters is 1. The van der Waals surface area contributed by atoms with Crippen LogP contribution in [0.15, 0.2) is 72.9 Å². The summed E-state index contributed by atoms with van der Waals surface area (Å²) in [5, 5.41) is 23.6. The van der Waals surface area contributed by atoms with Crippen LogP contribution in [0.1, 0.15) is 220 Å². The molecule has 0 saturated carbocycles. The standard InChI is InChI=1S/C52H91NO5/c1-4-7-10-13-16-19-22-25-26-27-28-31-34-37-40-43-48(58-52(57)45-42-39-36-33-30-24-21-18-15-12-9-6-3)46-51(56)53-49(47-54)50(55)44-41-38-35-32-29-23-20-17-14-11-8-5-2/h7,10,16,18-19,21,25-26,28,31,37,40,48-50,54-55H,4-6,8-9,11-15,17,20,22-24,27,29-30,32-36,38-39,41-47H2,1-3H3,(H,53,56)/b10-7-,19-16-,21-18-,26-25-,31-28-,40-37-. The van der Waals surface area contributed by atoms with Crippen molar-refractivity contribution < 1.29 is 24.5 Å². The lowest BCUT2D eigenvalue weighted by atomic mass is 10.0. The summed E-state index contributed by atoms with van der Waals surface area (Å²) in [6, 6.07) is -0.734. The first-order valence-corrected chi connectivity index (χ1v) is 24.2. The molecule has 0 aliphatic heterocycles. The molecule has 334 valence electrons. The van der Waals surface area contributed by atoms with Crippen LogP contribution in [-0.2, 0) is 14.3 Å². The average molecular weight is 810 g/mol. The molecule has 3 unspecified atom stereocenters. The first-order valence-electron chi connectivity index (χ1n) is 24.2. The predicted octanol–water partition coefficient (Wildman–Crippen LogP) is 14.2. The normalized spacial score (nSPS) is 13.9. The van der Waals surface area contributed by atoms with E-state index in [1.807, 2.05) is 12.2 Å². The van der Waals surface area contributed by atoms with E-state index >= 15 is 0 Å². The van der Waals surface area contributed by atoms with E-state index in [2.05, 4.69) is 86.8 Å². The van der Waals surface area contributed by atoms with Gasteiger partial charge < -0.3 is 20.3 Å². The number of amides is 1. The van der Waals surface area contributed by atoms with Gasteiger partial charge in [-0.05, 0) is 70.6 Å². The Morgan fingerprint density at radius 1 is 0.534 bits per heavy atom. The van der Waals surface area contributed by atoms with Gasteiger partial charge in [0.15, 0.2) is 0 Å². The summed E-state index contributed by atoms with van der Waals surface area (Å²) >= 11 is 0. The Bertz CT molecular complexity index is 1090. The van der Waals surface area contributed by atoms with E-state index in [0.29, 0.717) is 19.3 Å². The fraction of sp³-hybridized carbons (Fsp3) is 0.731. The highest BCUT2D eigenvalue weighted by atomic mass is 16.5. The van der Waals surface area contributed by atoms with Crippen molar-refractivity contribution >= 4 is 11.9 Å². The molecular weight excluding hydrogens is 719 g/mol. The van der Waals surface area contributed by atoms with E-state index in [4.69, 9.17) is 4.74 Å². The summed E-state index contributed by atoms with van der Waals surface area (Å²) in [7, 11) is 0. The van der Waals surface area contributed by atoms with Crippen molar-refractivity contribution in [2.45, 2.75) is 238 Å². The van der Waals surface area contributed by atoms with Gasteiger partial charge in [0.2, 0.25) is 5.91 Å². The number of hydrogen-bond donors (Lipinski definition) is 3. The summed E-state index contributed by atoms with van der Waals surface area (Å²) in [5.74, 6) is -0.594. The molecule has 0 spiro atoms. The molecular formula is C52H91NO5. The lowest BCUT2D eigenvalue weighted by Gasteiger charge is -2.24. The van der Waals surface area contributed by atoms with Crippen LogP contribution in [0.4, 0.5) is 0 Å². The number of carbonyl (C=O) groups excluding carboxylic acids is 2. The van der Waals surface area contributed by atoms with Crippen molar-refractivity contribution in [3.63, 3.8) is 0 Å². The van der Waals surface area contributed by atoms with Crippen LogP contribution in [0, 0.1) is 0 Å². The Morgan fingerprint density at radius 3 is 1.48 bits per heavy atom. The van der Waals surface area contributed by atoms with Crippen LogP contribution in [0.5, 0.6) is 0 Å². The Kier molecular flexibility index (Phi) is 43.3. The minimum absolute atomic E-state index is 0.00611. The Hall–Kier alpha value is -2.70. The average Bonchev–Trinajstić information content (AvgIpc) is 3.22. The monoisotopic (exact) mass is 810 g/mol. The van der Waals surface area contributed by atoms with Crippen LogP contribution in [0.25, 0.3) is 0 Å². The van der Waals surface area contributed by atoms with Crippen LogP contribution in [0.3, 0.4) is 0 Å². The third-order valence-corrected chi connectivity index (χ3v) is 10.5. The van der Waals surface area contributed by atoms with Crippen molar-refractivity contribution in [1.82, 2.24) is 5.32 Å². The van der Waals surface area contributed by atoms with Crippen molar-refractivity contribution in [1.29, 1.82) is 0 Å². The molecule has 58 heavy (non-hydrogen) atoms. The predicted molar refractivity (Wildman–Crippen MR) is 250 cm³/mol. The topological polar surface area (TPSA) is 95.9 Å². The Morgan fingerprint density at radius 2 is 0.966 bits per heavy atom. The van der Waals surface area contributed by atoms with Gasteiger partial charge in [-0.3, -0.25) is 9.59 Å². The number of unbranched alkanes of at least 4 members (excludes halogenated alkanes) is 19. The number of rotatable bonds is 42. The zero-order valence-electron chi connectivity index (χ0n) is 37.9. The molecule has 0 fully saturated rings. The highest BCUT2D eigenvalue weighted by molar-refractivity contribution is 5.77.